The molecule has 1 fully saturated rings. The standard InChI is InChI=1S/C16H18ClN3O2/c1-10-6-12(17)7-14(22)16(10)13-2-3-15(19-18-13)20-5-4-11(8-20)9-21/h2-3,6-7,11,21-22H,4-5,8-9H2,1H3/t11-/m0/s1. The van der Waals surface area contributed by atoms with Crippen LogP contribution in [0.3, 0.4) is 0 Å². The molecule has 0 unspecified atom stereocenters. The van der Waals surface area contributed by atoms with Crippen LogP contribution in [0.25, 0.3) is 11.3 Å². The van der Waals surface area contributed by atoms with Crippen LogP contribution >= 0.6 is 11.6 Å². The molecule has 0 bridgehead atoms. The lowest BCUT2D eigenvalue weighted by Gasteiger charge is -2.17. The Kier molecular flexibility index (Phi) is 4.18. The Morgan fingerprint density at radius 2 is 2.14 bits per heavy atom. The first-order chi connectivity index (χ1) is 10.6. The van der Waals surface area contributed by atoms with E-state index < -0.39 is 0 Å². The number of nitrogens with zero attached hydrogens (tertiary/aromatic N) is 3. The molecule has 2 heterocycles. The van der Waals surface area contributed by atoms with Gasteiger partial charge in [-0.1, -0.05) is 11.6 Å². The number of aliphatic hydroxyl groups excluding tert-OH is 1. The minimum atomic E-state index is 0.105. The molecule has 3 rings (SSSR count). The fourth-order valence-electron chi connectivity index (χ4n) is 2.88. The summed E-state index contributed by atoms with van der Waals surface area (Å²) < 4.78 is 0. The summed E-state index contributed by atoms with van der Waals surface area (Å²) in [6, 6.07) is 7.05. The molecule has 0 amide bonds. The molecule has 1 saturated heterocycles. The lowest BCUT2D eigenvalue weighted by atomic mass is 10.0. The van der Waals surface area contributed by atoms with Crippen molar-refractivity contribution in [3.63, 3.8) is 0 Å². The maximum atomic E-state index is 10.1. The number of aliphatic hydroxyl groups is 1. The van der Waals surface area contributed by atoms with Crippen molar-refractivity contribution in [3.8, 4) is 17.0 Å². The van der Waals surface area contributed by atoms with Crippen molar-refractivity contribution in [1.29, 1.82) is 0 Å². The molecular weight excluding hydrogens is 302 g/mol. The van der Waals surface area contributed by atoms with Gasteiger partial charge in [0.2, 0.25) is 0 Å². The first-order valence-corrected chi connectivity index (χ1v) is 7.65. The Hall–Kier alpha value is -1.85. The average molecular weight is 320 g/mol. The Labute approximate surface area is 134 Å². The topological polar surface area (TPSA) is 69.5 Å². The molecule has 1 aromatic carbocycles. The van der Waals surface area contributed by atoms with E-state index in [4.69, 9.17) is 11.6 Å². The van der Waals surface area contributed by atoms with E-state index in [0.29, 0.717) is 22.2 Å². The number of halogens is 1. The quantitative estimate of drug-likeness (QED) is 0.910. The van der Waals surface area contributed by atoms with Crippen molar-refractivity contribution >= 4 is 17.4 Å². The van der Waals surface area contributed by atoms with Crippen LogP contribution in [0.2, 0.25) is 5.02 Å². The van der Waals surface area contributed by atoms with Crippen LogP contribution in [0.15, 0.2) is 24.3 Å². The third kappa shape index (κ3) is 2.87. The van der Waals surface area contributed by atoms with Crippen molar-refractivity contribution in [2.75, 3.05) is 24.6 Å². The van der Waals surface area contributed by atoms with E-state index in [1.807, 2.05) is 19.1 Å². The zero-order valence-electron chi connectivity index (χ0n) is 12.3. The molecule has 116 valence electrons. The zero-order chi connectivity index (χ0) is 15.7. The van der Waals surface area contributed by atoms with Crippen LogP contribution in [0.5, 0.6) is 5.75 Å². The minimum Gasteiger partial charge on any atom is -0.507 e. The summed E-state index contributed by atoms with van der Waals surface area (Å²) in [4.78, 5) is 2.12. The molecule has 5 nitrogen and oxygen atoms in total. The monoisotopic (exact) mass is 319 g/mol. The zero-order valence-corrected chi connectivity index (χ0v) is 13.1. The number of aromatic nitrogens is 2. The number of phenolic OH excluding ortho intramolecular Hbond substituents is 1. The predicted molar refractivity (Wildman–Crippen MR) is 86.3 cm³/mol. The maximum Gasteiger partial charge on any atom is 0.151 e. The van der Waals surface area contributed by atoms with Gasteiger partial charge in [-0.3, -0.25) is 0 Å². The predicted octanol–water partition coefficient (Wildman–Crippen LogP) is 2.63. The Bertz CT molecular complexity index is 653. The largest absolute Gasteiger partial charge is 0.507 e. The second-order valence-electron chi connectivity index (χ2n) is 5.68. The lowest BCUT2D eigenvalue weighted by Crippen LogP contribution is -2.21. The molecule has 1 atom stereocenters. The summed E-state index contributed by atoms with van der Waals surface area (Å²) in [6.45, 7) is 3.77. The van der Waals surface area contributed by atoms with Gasteiger partial charge in [0.25, 0.3) is 0 Å². The first kappa shape index (κ1) is 15.1. The van der Waals surface area contributed by atoms with E-state index in [-0.39, 0.29) is 12.4 Å². The summed E-state index contributed by atoms with van der Waals surface area (Å²) in [5, 5.41) is 28.3. The number of phenols is 1. The number of hydrogen-bond acceptors (Lipinski definition) is 5. The summed E-state index contributed by atoms with van der Waals surface area (Å²) >= 11 is 5.93. The lowest BCUT2D eigenvalue weighted by molar-refractivity contribution is 0.238. The van der Waals surface area contributed by atoms with Crippen LogP contribution in [0, 0.1) is 12.8 Å². The maximum absolute atomic E-state index is 10.1. The molecule has 0 aliphatic carbocycles. The molecular formula is C16H18ClN3O2. The van der Waals surface area contributed by atoms with E-state index >= 15 is 0 Å². The smallest absolute Gasteiger partial charge is 0.151 e. The second kappa shape index (κ2) is 6.10. The van der Waals surface area contributed by atoms with Crippen LogP contribution in [-0.4, -0.2) is 40.1 Å². The van der Waals surface area contributed by atoms with Gasteiger partial charge in [0.1, 0.15) is 5.75 Å². The van der Waals surface area contributed by atoms with Gasteiger partial charge >= 0.3 is 0 Å². The van der Waals surface area contributed by atoms with Gasteiger partial charge < -0.3 is 15.1 Å². The SMILES string of the molecule is Cc1cc(Cl)cc(O)c1-c1ccc(N2CC[C@H](CO)C2)nn1. The van der Waals surface area contributed by atoms with Crippen LogP contribution < -0.4 is 4.90 Å². The number of aromatic hydroxyl groups is 1. The van der Waals surface area contributed by atoms with E-state index in [9.17, 15) is 10.2 Å². The molecule has 2 N–H and O–H groups in total. The van der Waals surface area contributed by atoms with E-state index in [1.54, 1.807) is 6.07 Å². The molecule has 1 aromatic heterocycles. The minimum absolute atomic E-state index is 0.105. The molecule has 6 heteroatoms. The van der Waals surface area contributed by atoms with E-state index in [1.165, 1.54) is 6.07 Å². The number of hydrogen-bond donors (Lipinski definition) is 2. The van der Waals surface area contributed by atoms with Crippen molar-refractivity contribution in [1.82, 2.24) is 10.2 Å². The highest BCUT2D eigenvalue weighted by Gasteiger charge is 2.23. The Balaban J connectivity index is 1.86. The molecule has 0 radical (unpaired) electrons. The van der Waals surface area contributed by atoms with Gasteiger partial charge in [-0.2, -0.15) is 0 Å². The number of anilines is 1. The summed E-state index contributed by atoms with van der Waals surface area (Å²) in [5.41, 5.74) is 2.12. The average Bonchev–Trinajstić information content (AvgIpc) is 2.96. The van der Waals surface area contributed by atoms with E-state index in [2.05, 4.69) is 15.1 Å². The highest BCUT2D eigenvalue weighted by Crippen LogP contribution is 2.34. The van der Waals surface area contributed by atoms with Gasteiger partial charge in [0, 0.05) is 36.2 Å². The summed E-state index contributed by atoms with van der Waals surface area (Å²) in [5.74, 6) is 1.21. The molecule has 0 spiro atoms. The van der Waals surface area contributed by atoms with Gasteiger partial charge in [-0.15, -0.1) is 10.2 Å². The van der Waals surface area contributed by atoms with Crippen molar-refractivity contribution < 1.29 is 10.2 Å². The first-order valence-electron chi connectivity index (χ1n) is 7.27. The summed E-state index contributed by atoms with van der Waals surface area (Å²) in [7, 11) is 0. The summed E-state index contributed by atoms with van der Waals surface area (Å²) in [6.07, 6.45) is 0.969. The number of rotatable bonds is 3. The molecule has 1 aliphatic rings. The van der Waals surface area contributed by atoms with Gasteiger partial charge in [-0.05, 0) is 43.2 Å². The fourth-order valence-corrected chi connectivity index (χ4v) is 3.14. The molecule has 22 heavy (non-hydrogen) atoms. The third-order valence-corrected chi connectivity index (χ3v) is 4.27. The molecule has 1 aliphatic heterocycles. The number of aryl methyl sites for hydroxylation is 1. The Morgan fingerprint density at radius 3 is 2.73 bits per heavy atom. The van der Waals surface area contributed by atoms with Crippen LogP contribution in [-0.2, 0) is 0 Å². The highest BCUT2D eigenvalue weighted by atomic mass is 35.5. The number of benzene rings is 1. The third-order valence-electron chi connectivity index (χ3n) is 4.05. The molecule has 0 saturated carbocycles. The molecule has 2 aromatic rings. The second-order valence-corrected chi connectivity index (χ2v) is 6.11. The van der Waals surface area contributed by atoms with Crippen LogP contribution in [0.4, 0.5) is 5.82 Å². The fraction of sp³-hybridized carbons (Fsp3) is 0.375. The van der Waals surface area contributed by atoms with Gasteiger partial charge in [-0.25, -0.2) is 0 Å². The van der Waals surface area contributed by atoms with Crippen molar-refractivity contribution in [3.05, 3.63) is 34.9 Å². The highest BCUT2D eigenvalue weighted by molar-refractivity contribution is 6.31. The van der Waals surface area contributed by atoms with Gasteiger partial charge in [0.15, 0.2) is 5.82 Å². The van der Waals surface area contributed by atoms with Gasteiger partial charge in [0.05, 0.1) is 5.69 Å². The van der Waals surface area contributed by atoms with Crippen molar-refractivity contribution in [2.24, 2.45) is 5.92 Å². The Morgan fingerprint density at radius 1 is 1.32 bits per heavy atom. The normalized spacial score (nSPS) is 18.0. The van der Waals surface area contributed by atoms with Crippen molar-refractivity contribution in [2.45, 2.75) is 13.3 Å². The van der Waals surface area contributed by atoms with Crippen LogP contribution in [0.1, 0.15) is 12.0 Å². The van der Waals surface area contributed by atoms with E-state index in [0.717, 1.165) is 30.9 Å².